The molecule has 0 amide bonds. The maximum Gasteiger partial charge on any atom is 0.120 e. The lowest BCUT2D eigenvalue weighted by Crippen LogP contribution is -2.24. The average molecular weight is 215 g/mol. The molecule has 1 aromatic carbocycles. The van der Waals surface area contributed by atoms with Crippen LogP contribution >= 0.6 is 11.6 Å². The standard InChI is InChI=1S/C10H15ClN2O/c1-13(5-4-12)7-8-6-9(11)2-3-10(8)14/h2-3,6,14H,4-5,7,12H2,1H3. The minimum absolute atomic E-state index is 0.276. The molecular weight excluding hydrogens is 200 g/mol. The number of hydrogen-bond donors (Lipinski definition) is 2. The number of nitrogens with two attached hydrogens (primary N) is 1. The normalized spacial score (nSPS) is 10.9. The lowest BCUT2D eigenvalue weighted by molar-refractivity contribution is 0.329. The van der Waals surface area contributed by atoms with E-state index in [1.54, 1.807) is 18.2 Å². The van der Waals surface area contributed by atoms with Crippen LogP contribution in [-0.4, -0.2) is 30.1 Å². The van der Waals surface area contributed by atoms with Crippen molar-refractivity contribution in [1.29, 1.82) is 0 Å². The van der Waals surface area contributed by atoms with Crippen molar-refractivity contribution in [2.45, 2.75) is 6.54 Å². The zero-order valence-corrected chi connectivity index (χ0v) is 8.96. The smallest absolute Gasteiger partial charge is 0.120 e. The van der Waals surface area contributed by atoms with E-state index in [1.807, 2.05) is 11.9 Å². The summed E-state index contributed by atoms with van der Waals surface area (Å²) in [6.45, 7) is 2.06. The highest BCUT2D eigenvalue weighted by atomic mass is 35.5. The van der Waals surface area contributed by atoms with E-state index in [0.29, 0.717) is 18.1 Å². The molecule has 0 unspecified atom stereocenters. The maximum atomic E-state index is 9.54. The SMILES string of the molecule is CN(CCN)Cc1cc(Cl)ccc1O. The molecule has 0 aliphatic rings. The third kappa shape index (κ3) is 3.18. The van der Waals surface area contributed by atoms with Gasteiger partial charge in [0, 0.05) is 30.2 Å². The number of phenols is 1. The molecule has 78 valence electrons. The average Bonchev–Trinajstić information content (AvgIpc) is 2.12. The van der Waals surface area contributed by atoms with Crippen LogP contribution in [0.4, 0.5) is 0 Å². The predicted molar refractivity (Wildman–Crippen MR) is 58.5 cm³/mol. The monoisotopic (exact) mass is 214 g/mol. The van der Waals surface area contributed by atoms with Crippen molar-refractivity contribution in [3.63, 3.8) is 0 Å². The van der Waals surface area contributed by atoms with Crippen molar-refractivity contribution in [2.24, 2.45) is 5.73 Å². The fraction of sp³-hybridized carbons (Fsp3) is 0.400. The summed E-state index contributed by atoms with van der Waals surface area (Å²) in [4.78, 5) is 2.03. The van der Waals surface area contributed by atoms with Crippen LogP contribution in [0.25, 0.3) is 0 Å². The Labute approximate surface area is 89.1 Å². The van der Waals surface area contributed by atoms with Crippen LogP contribution in [0.5, 0.6) is 5.75 Å². The van der Waals surface area contributed by atoms with Crippen LogP contribution < -0.4 is 5.73 Å². The van der Waals surface area contributed by atoms with Gasteiger partial charge in [-0.15, -0.1) is 0 Å². The number of phenolic OH excluding ortho intramolecular Hbond substituents is 1. The van der Waals surface area contributed by atoms with Gasteiger partial charge in [-0.1, -0.05) is 11.6 Å². The summed E-state index contributed by atoms with van der Waals surface area (Å²) in [6, 6.07) is 5.04. The van der Waals surface area contributed by atoms with Gasteiger partial charge in [0.2, 0.25) is 0 Å². The van der Waals surface area contributed by atoms with E-state index in [1.165, 1.54) is 0 Å². The van der Waals surface area contributed by atoms with Crippen LogP contribution in [0.1, 0.15) is 5.56 Å². The van der Waals surface area contributed by atoms with Crippen molar-refractivity contribution < 1.29 is 5.11 Å². The largest absolute Gasteiger partial charge is 0.508 e. The van der Waals surface area contributed by atoms with Gasteiger partial charge in [-0.25, -0.2) is 0 Å². The Kier molecular flexibility index (Phi) is 4.20. The molecule has 0 radical (unpaired) electrons. The maximum absolute atomic E-state index is 9.54. The zero-order valence-electron chi connectivity index (χ0n) is 8.20. The number of rotatable bonds is 4. The molecule has 14 heavy (non-hydrogen) atoms. The van der Waals surface area contributed by atoms with Gasteiger partial charge in [0.25, 0.3) is 0 Å². The van der Waals surface area contributed by atoms with Crippen LogP contribution in [0, 0.1) is 0 Å². The fourth-order valence-electron chi connectivity index (χ4n) is 1.27. The third-order valence-corrected chi connectivity index (χ3v) is 2.23. The molecule has 0 spiro atoms. The quantitative estimate of drug-likeness (QED) is 0.798. The highest BCUT2D eigenvalue weighted by molar-refractivity contribution is 6.30. The molecule has 0 saturated heterocycles. The number of halogens is 1. The first-order valence-corrected chi connectivity index (χ1v) is 4.87. The van der Waals surface area contributed by atoms with Crippen LogP contribution in [-0.2, 0) is 6.54 Å². The lowest BCUT2D eigenvalue weighted by Gasteiger charge is -2.16. The van der Waals surface area contributed by atoms with Crippen molar-refractivity contribution in [3.8, 4) is 5.75 Å². The van der Waals surface area contributed by atoms with Gasteiger partial charge in [-0.3, -0.25) is 0 Å². The number of hydrogen-bond acceptors (Lipinski definition) is 3. The number of aromatic hydroxyl groups is 1. The van der Waals surface area contributed by atoms with Crippen molar-refractivity contribution in [2.75, 3.05) is 20.1 Å². The predicted octanol–water partition coefficient (Wildman–Crippen LogP) is 1.44. The molecule has 0 aliphatic carbocycles. The second-order valence-corrected chi connectivity index (χ2v) is 3.74. The summed E-state index contributed by atoms with van der Waals surface area (Å²) in [5.74, 6) is 0.276. The van der Waals surface area contributed by atoms with E-state index >= 15 is 0 Å². The molecule has 0 saturated carbocycles. The van der Waals surface area contributed by atoms with E-state index in [4.69, 9.17) is 17.3 Å². The summed E-state index contributed by atoms with van der Waals surface area (Å²) >= 11 is 5.82. The minimum atomic E-state index is 0.276. The molecule has 0 fully saturated rings. The summed E-state index contributed by atoms with van der Waals surface area (Å²) < 4.78 is 0. The molecule has 3 nitrogen and oxygen atoms in total. The number of nitrogens with zero attached hydrogens (tertiary/aromatic N) is 1. The third-order valence-electron chi connectivity index (χ3n) is 1.99. The first-order valence-electron chi connectivity index (χ1n) is 4.49. The number of benzene rings is 1. The molecule has 0 heterocycles. The summed E-state index contributed by atoms with van der Waals surface area (Å²) in [7, 11) is 1.95. The van der Waals surface area contributed by atoms with Gasteiger partial charge in [-0.2, -0.15) is 0 Å². The second-order valence-electron chi connectivity index (χ2n) is 3.30. The highest BCUT2D eigenvalue weighted by Crippen LogP contribution is 2.22. The molecule has 0 bridgehead atoms. The van der Waals surface area contributed by atoms with Gasteiger partial charge in [0.05, 0.1) is 0 Å². The first kappa shape index (κ1) is 11.3. The Hall–Kier alpha value is -0.770. The van der Waals surface area contributed by atoms with Crippen molar-refractivity contribution >= 4 is 11.6 Å². The van der Waals surface area contributed by atoms with Crippen molar-refractivity contribution in [3.05, 3.63) is 28.8 Å². The Morgan fingerprint density at radius 2 is 2.21 bits per heavy atom. The van der Waals surface area contributed by atoms with Crippen molar-refractivity contribution in [1.82, 2.24) is 4.90 Å². The van der Waals surface area contributed by atoms with Gasteiger partial charge in [0.15, 0.2) is 0 Å². The molecule has 4 heteroatoms. The van der Waals surface area contributed by atoms with Gasteiger partial charge >= 0.3 is 0 Å². The Morgan fingerprint density at radius 1 is 1.50 bits per heavy atom. The number of likely N-dealkylation sites (N-methyl/N-ethyl adjacent to an activating group) is 1. The highest BCUT2D eigenvalue weighted by Gasteiger charge is 2.04. The molecule has 3 N–H and O–H groups in total. The minimum Gasteiger partial charge on any atom is -0.508 e. The summed E-state index contributed by atoms with van der Waals surface area (Å²) in [5, 5.41) is 10.2. The van der Waals surface area contributed by atoms with E-state index < -0.39 is 0 Å². The van der Waals surface area contributed by atoms with Gasteiger partial charge in [-0.05, 0) is 25.2 Å². The lowest BCUT2D eigenvalue weighted by atomic mass is 10.2. The molecular formula is C10H15ClN2O. The summed E-state index contributed by atoms with van der Waals surface area (Å²) in [5.41, 5.74) is 6.25. The molecule has 0 atom stereocenters. The Bertz CT molecular complexity index is 304. The molecule has 1 rings (SSSR count). The molecule has 0 aliphatic heterocycles. The van der Waals surface area contributed by atoms with Gasteiger partial charge in [0.1, 0.15) is 5.75 Å². The molecule has 0 aromatic heterocycles. The summed E-state index contributed by atoms with van der Waals surface area (Å²) in [6.07, 6.45) is 0. The van der Waals surface area contributed by atoms with E-state index in [2.05, 4.69) is 0 Å². The van der Waals surface area contributed by atoms with Gasteiger partial charge < -0.3 is 15.7 Å². The Morgan fingerprint density at radius 3 is 2.86 bits per heavy atom. The zero-order chi connectivity index (χ0) is 10.6. The van der Waals surface area contributed by atoms with Crippen LogP contribution in [0.3, 0.4) is 0 Å². The van der Waals surface area contributed by atoms with E-state index in [0.717, 1.165) is 12.1 Å². The first-order chi connectivity index (χ1) is 6.63. The topological polar surface area (TPSA) is 49.5 Å². The molecule has 1 aromatic rings. The van der Waals surface area contributed by atoms with E-state index in [-0.39, 0.29) is 5.75 Å². The van der Waals surface area contributed by atoms with E-state index in [9.17, 15) is 5.11 Å². The van der Waals surface area contributed by atoms with Crippen LogP contribution in [0.15, 0.2) is 18.2 Å². The fourth-order valence-corrected chi connectivity index (χ4v) is 1.47. The van der Waals surface area contributed by atoms with Crippen LogP contribution in [0.2, 0.25) is 5.02 Å². The Balaban J connectivity index is 2.70. The second kappa shape index (κ2) is 5.20.